The van der Waals surface area contributed by atoms with Crippen LogP contribution in [-0.2, 0) is 4.79 Å². The molecule has 4 aliphatic rings. The summed E-state index contributed by atoms with van der Waals surface area (Å²) in [5, 5.41) is 12.1. The van der Waals surface area contributed by atoms with E-state index in [1.54, 1.807) is 11.8 Å². The Balaban J connectivity index is 1.69. The van der Waals surface area contributed by atoms with Crippen LogP contribution in [0.1, 0.15) is 51.4 Å². The van der Waals surface area contributed by atoms with E-state index in [0.717, 1.165) is 37.1 Å². The van der Waals surface area contributed by atoms with Crippen molar-refractivity contribution < 1.29 is 9.90 Å². The molecule has 4 unspecified atom stereocenters. The van der Waals surface area contributed by atoms with Gasteiger partial charge in [0.1, 0.15) is 16.4 Å². The van der Waals surface area contributed by atoms with Crippen LogP contribution in [0.5, 0.6) is 0 Å². The molecule has 0 bridgehead atoms. The largest absolute Gasteiger partial charge is 0.511 e. The molecule has 2 aliphatic heterocycles. The molecular weight excluding hydrogens is 296 g/mol. The van der Waals surface area contributed by atoms with Gasteiger partial charge in [-0.15, -0.1) is 11.8 Å². The van der Waals surface area contributed by atoms with E-state index in [1.165, 1.54) is 19.3 Å². The van der Waals surface area contributed by atoms with E-state index in [4.69, 9.17) is 4.99 Å². The van der Waals surface area contributed by atoms with Crippen LogP contribution in [-0.4, -0.2) is 45.3 Å². The van der Waals surface area contributed by atoms with E-state index in [0.29, 0.717) is 22.6 Å². The molecule has 120 valence electrons. The number of aliphatic hydroxyl groups is 1. The number of rotatable bonds is 1. The second-order valence-corrected chi connectivity index (χ2v) is 8.30. The number of thioether (sulfide) groups is 1. The number of hydrogen-bond acceptors (Lipinski definition) is 4. The minimum atomic E-state index is -0.0226. The van der Waals surface area contributed by atoms with Crippen LogP contribution >= 0.6 is 11.8 Å². The smallest absolute Gasteiger partial charge is 0.260 e. The molecule has 2 saturated carbocycles. The van der Waals surface area contributed by atoms with Gasteiger partial charge < -0.3 is 10.0 Å². The first-order valence-electron chi connectivity index (χ1n) is 8.62. The van der Waals surface area contributed by atoms with Crippen LogP contribution in [0.3, 0.4) is 0 Å². The van der Waals surface area contributed by atoms with Gasteiger partial charge in [-0.3, -0.25) is 9.79 Å². The minimum absolute atomic E-state index is 0.0226. The van der Waals surface area contributed by atoms with Gasteiger partial charge in [0.05, 0.1) is 6.04 Å². The summed E-state index contributed by atoms with van der Waals surface area (Å²) in [4.78, 5) is 19.5. The van der Waals surface area contributed by atoms with Gasteiger partial charge in [-0.05, 0) is 25.7 Å². The first kappa shape index (κ1) is 14.6. The van der Waals surface area contributed by atoms with Crippen molar-refractivity contribution in [2.24, 2.45) is 10.9 Å². The van der Waals surface area contributed by atoms with Crippen LogP contribution in [0.2, 0.25) is 0 Å². The van der Waals surface area contributed by atoms with Gasteiger partial charge in [0.15, 0.2) is 0 Å². The molecule has 1 N–H and O–H groups in total. The van der Waals surface area contributed by atoms with E-state index in [-0.39, 0.29) is 17.9 Å². The molecule has 0 aromatic carbocycles. The topological polar surface area (TPSA) is 52.9 Å². The lowest BCUT2D eigenvalue weighted by molar-refractivity contribution is -0.130. The predicted octanol–water partition coefficient (Wildman–Crippen LogP) is 3.29. The highest BCUT2D eigenvalue weighted by atomic mass is 32.2. The fraction of sp³-hybridized carbons (Fsp3) is 0.765. The monoisotopic (exact) mass is 320 g/mol. The molecule has 0 aromatic heterocycles. The van der Waals surface area contributed by atoms with Crippen LogP contribution < -0.4 is 0 Å². The van der Waals surface area contributed by atoms with Gasteiger partial charge in [0.25, 0.3) is 5.91 Å². The second-order valence-electron chi connectivity index (χ2n) is 7.08. The lowest BCUT2D eigenvalue weighted by atomic mass is 9.78. The highest BCUT2D eigenvalue weighted by molar-refractivity contribution is 8.15. The molecule has 4 atom stereocenters. The SMILES string of the molecule is CN1C(=O)C(C2=NC3CCCCC3S2)=C(O)C2CCCCC21. The predicted molar refractivity (Wildman–Crippen MR) is 89.2 cm³/mol. The summed E-state index contributed by atoms with van der Waals surface area (Å²) in [7, 11) is 1.89. The summed E-state index contributed by atoms with van der Waals surface area (Å²) < 4.78 is 0. The molecule has 4 nitrogen and oxygen atoms in total. The van der Waals surface area contributed by atoms with Crippen molar-refractivity contribution in [1.29, 1.82) is 0 Å². The van der Waals surface area contributed by atoms with Gasteiger partial charge in [-0.1, -0.05) is 25.7 Å². The molecule has 22 heavy (non-hydrogen) atoms. The number of carbonyl (C=O) groups is 1. The number of aliphatic hydroxyl groups excluding tert-OH is 1. The summed E-state index contributed by atoms with van der Waals surface area (Å²) in [5.74, 6) is 0.431. The average molecular weight is 320 g/mol. The number of nitrogens with zero attached hydrogens (tertiary/aromatic N) is 2. The van der Waals surface area contributed by atoms with Crippen molar-refractivity contribution in [3.8, 4) is 0 Å². The van der Waals surface area contributed by atoms with Gasteiger partial charge in [0.2, 0.25) is 0 Å². The Hall–Kier alpha value is -0.970. The Bertz CT molecular complexity index is 557. The molecule has 1 amide bonds. The van der Waals surface area contributed by atoms with E-state index in [9.17, 15) is 9.90 Å². The minimum Gasteiger partial charge on any atom is -0.511 e. The Kier molecular flexibility index (Phi) is 3.71. The number of likely N-dealkylation sites (N-methyl/N-ethyl adjacent to an activating group) is 1. The van der Waals surface area contributed by atoms with Crippen LogP contribution in [0.25, 0.3) is 0 Å². The number of amides is 1. The lowest BCUT2D eigenvalue weighted by Gasteiger charge is -2.42. The Morgan fingerprint density at radius 2 is 1.86 bits per heavy atom. The fourth-order valence-electron chi connectivity index (χ4n) is 4.53. The second kappa shape index (κ2) is 5.59. The first-order valence-corrected chi connectivity index (χ1v) is 9.50. The third-order valence-corrected chi connectivity index (χ3v) is 7.18. The van der Waals surface area contributed by atoms with Crippen LogP contribution in [0.15, 0.2) is 16.3 Å². The third-order valence-electron chi connectivity index (χ3n) is 5.80. The van der Waals surface area contributed by atoms with Crippen molar-refractivity contribution in [3.63, 3.8) is 0 Å². The van der Waals surface area contributed by atoms with E-state index in [1.807, 2.05) is 11.9 Å². The van der Waals surface area contributed by atoms with Crippen molar-refractivity contribution >= 4 is 22.7 Å². The molecule has 2 heterocycles. The van der Waals surface area contributed by atoms with Crippen LogP contribution in [0, 0.1) is 5.92 Å². The molecule has 2 fully saturated rings. The highest BCUT2D eigenvalue weighted by Gasteiger charge is 2.45. The normalized spacial score (nSPS) is 38.7. The van der Waals surface area contributed by atoms with E-state index >= 15 is 0 Å². The fourth-order valence-corrected chi connectivity index (χ4v) is 5.96. The third kappa shape index (κ3) is 2.20. The summed E-state index contributed by atoms with van der Waals surface area (Å²) in [6.45, 7) is 0. The molecule has 0 spiro atoms. The summed E-state index contributed by atoms with van der Waals surface area (Å²) in [6.07, 6.45) is 9.12. The lowest BCUT2D eigenvalue weighted by Crippen LogP contribution is -2.50. The maximum Gasteiger partial charge on any atom is 0.260 e. The maximum atomic E-state index is 12.8. The maximum absolute atomic E-state index is 12.8. The van der Waals surface area contributed by atoms with Gasteiger partial charge >= 0.3 is 0 Å². The molecule has 0 radical (unpaired) electrons. The quantitative estimate of drug-likeness (QED) is 0.806. The van der Waals surface area contributed by atoms with Gasteiger partial charge in [0, 0.05) is 24.3 Å². The Morgan fingerprint density at radius 3 is 2.68 bits per heavy atom. The number of aliphatic imine (C=N–C) groups is 1. The zero-order chi connectivity index (χ0) is 15.3. The summed E-state index contributed by atoms with van der Waals surface area (Å²) in [5.41, 5.74) is 0.519. The Labute approximate surface area is 136 Å². The van der Waals surface area contributed by atoms with E-state index < -0.39 is 0 Å². The number of fused-ring (bicyclic) bond motifs is 2. The molecule has 5 heteroatoms. The average Bonchev–Trinajstić information content (AvgIpc) is 2.96. The molecule has 2 aliphatic carbocycles. The molecule has 0 aromatic rings. The zero-order valence-electron chi connectivity index (χ0n) is 13.1. The highest BCUT2D eigenvalue weighted by Crippen LogP contribution is 2.43. The molecule has 4 rings (SSSR count). The van der Waals surface area contributed by atoms with Crippen molar-refractivity contribution in [2.75, 3.05) is 7.05 Å². The Morgan fingerprint density at radius 1 is 1.14 bits per heavy atom. The first-order chi connectivity index (χ1) is 10.7. The number of carbonyl (C=O) groups excluding carboxylic acids is 1. The van der Waals surface area contributed by atoms with Crippen molar-refractivity contribution in [3.05, 3.63) is 11.3 Å². The van der Waals surface area contributed by atoms with Gasteiger partial charge in [-0.25, -0.2) is 0 Å². The van der Waals surface area contributed by atoms with Crippen LogP contribution in [0.4, 0.5) is 0 Å². The van der Waals surface area contributed by atoms with E-state index in [2.05, 4.69) is 0 Å². The number of hydrogen-bond donors (Lipinski definition) is 1. The summed E-state index contributed by atoms with van der Waals surface area (Å²) >= 11 is 1.73. The van der Waals surface area contributed by atoms with Crippen molar-refractivity contribution in [2.45, 2.75) is 68.7 Å². The molecule has 0 saturated heterocycles. The van der Waals surface area contributed by atoms with Gasteiger partial charge in [-0.2, -0.15) is 0 Å². The standard InChI is InChI=1S/C17H24N2O2S/c1-19-12-8-4-2-6-10(12)15(20)14(17(19)21)16-18-11-7-3-5-9-13(11)22-16/h10-13,20H,2-9H2,1H3. The zero-order valence-corrected chi connectivity index (χ0v) is 13.9. The van der Waals surface area contributed by atoms with Crippen molar-refractivity contribution in [1.82, 2.24) is 4.90 Å². The summed E-state index contributed by atoms with van der Waals surface area (Å²) in [6, 6.07) is 0.538. The molecular formula is C17H24N2O2S.